The van der Waals surface area contributed by atoms with Gasteiger partial charge in [0.25, 0.3) is 0 Å². The highest BCUT2D eigenvalue weighted by Crippen LogP contribution is 2.34. The maximum absolute atomic E-state index is 5.77. The van der Waals surface area contributed by atoms with Gasteiger partial charge in [0.2, 0.25) is 0 Å². The highest BCUT2D eigenvalue weighted by atomic mass is 15.1. The van der Waals surface area contributed by atoms with Crippen molar-refractivity contribution >= 4 is 0 Å². The SMILES string of the molecule is CCC1(C)CCN(CCCCC(C)(C)CN)CC1. The fourth-order valence-electron chi connectivity index (χ4n) is 2.71. The van der Waals surface area contributed by atoms with Crippen molar-refractivity contribution in [1.29, 1.82) is 0 Å². The van der Waals surface area contributed by atoms with E-state index in [0.717, 1.165) is 6.54 Å². The topological polar surface area (TPSA) is 29.3 Å². The van der Waals surface area contributed by atoms with Crippen LogP contribution in [-0.2, 0) is 0 Å². The lowest BCUT2D eigenvalue weighted by atomic mass is 9.78. The van der Waals surface area contributed by atoms with E-state index in [-0.39, 0.29) is 0 Å². The van der Waals surface area contributed by atoms with Gasteiger partial charge in [-0.15, -0.1) is 0 Å². The molecule has 0 saturated carbocycles. The molecular formula is C16H34N2. The number of hydrogen-bond donors (Lipinski definition) is 1. The molecule has 0 aromatic rings. The lowest BCUT2D eigenvalue weighted by Gasteiger charge is -2.39. The van der Waals surface area contributed by atoms with Gasteiger partial charge in [0.1, 0.15) is 0 Å². The zero-order valence-corrected chi connectivity index (χ0v) is 13.1. The third kappa shape index (κ3) is 5.27. The molecule has 0 aliphatic carbocycles. The second-order valence-corrected chi connectivity index (χ2v) is 7.33. The van der Waals surface area contributed by atoms with Crippen LogP contribution >= 0.6 is 0 Å². The van der Waals surface area contributed by atoms with Gasteiger partial charge in [-0.1, -0.05) is 40.5 Å². The maximum Gasteiger partial charge on any atom is -0.00135 e. The second kappa shape index (κ2) is 6.91. The molecule has 0 atom stereocenters. The number of unbranched alkanes of at least 4 members (excludes halogenated alkanes) is 1. The standard InChI is InChI=1S/C16H34N2/c1-5-16(4)9-12-18(13-10-16)11-7-6-8-15(2,3)14-17/h5-14,17H2,1-4H3. The maximum atomic E-state index is 5.77. The minimum atomic E-state index is 0.336. The van der Waals surface area contributed by atoms with Crippen molar-refractivity contribution in [3.8, 4) is 0 Å². The van der Waals surface area contributed by atoms with Crippen LogP contribution in [0.2, 0.25) is 0 Å². The Morgan fingerprint density at radius 2 is 1.78 bits per heavy atom. The van der Waals surface area contributed by atoms with E-state index in [4.69, 9.17) is 5.73 Å². The van der Waals surface area contributed by atoms with Crippen LogP contribution in [-0.4, -0.2) is 31.1 Å². The van der Waals surface area contributed by atoms with Crippen LogP contribution in [0, 0.1) is 10.8 Å². The molecule has 2 nitrogen and oxygen atoms in total. The van der Waals surface area contributed by atoms with Crippen molar-refractivity contribution in [1.82, 2.24) is 4.90 Å². The van der Waals surface area contributed by atoms with Crippen molar-refractivity contribution < 1.29 is 0 Å². The summed E-state index contributed by atoms with van der Waals surface area (Å²) in [6.45, 7) is 14.1. The smallest absolute Gasteiger partial charge is 0.00135 e. The monoisotopic (exact) mass is 254 g/mol. The van der Waals surface area contributed by atoms with Gasteiger partial charge < -0.3 is 10.6 Å². The number of likely N-dealkylation sites (tertiary alicyclic amines) is 1. The van der Waals surface area contributed by atoms with Gasteiger partial charge in [-0.3, -0.25) is 0 Å². The normalized spacial score (nSPS) is 21.2. The minimum Gasteiger partial charge on any atom is -0.330 e. The number of piperidine rings is 1. The largest absolute Gasteiger partial charge is 0.330 e. The van der Waals surface area contributed by atoms with E-state index in [9.17, 15) is 0 Å². The lowest BCUT2D eigenvalue weighted by Crippen LogP contribution is -2.38. The van der Waals surface area contributed by atoms with Gasteiger partial charge in [0, 0.05) is 0 Å². The van der Waals surface area contributed by atoms with Crippen molar-refractivity contribution in [3.63, 3.8) is 0 Å². The van der Waals surface area contributed by atoms with E-state index in [1.54, 1.807) is 0 Å². The molecule has 2 heteroatoms. The molecule has 0 unspecified atom stereocenters. The Balaban J connectivity index is 2.12. The van der Waals surface area contributed by atoms with Crippen molar-refractivity contribution in [3.05, 3.63) is 0 Å². The van der Waals surface area contributed by atoms with Gasteiger partial charge in [-0.05, 0) is 62.7 Å². The molecule has 2 N–H and O–H groups in total. The molecule has 1 fully saturated rings. The third-order valence-electron chi connectivity index (χ3n) is 5.05. The lowest BCUT2D eigenvalue weighted by molar-refractivity contribution is 0.112. The Morgan fingerprint density at radius 1 is 1.17 bits per heavy atom. The van der Waals surface area contributed by atoms with Crippen LogP contribution in [0.3, 0.4) is 0 Å². The quantitative estimate of drug-likeness (QED) is 0.703. The van der Waals surface area contributed by atoms with Gasteiger partial charge in [-0.2, -0.15) is 0 Å². The average molecular weight is 254 g/mol. The number of hydrogen-bond acceptors (Lipinski definition) is 2. The first-order chi connectivity index (χ1) is 8.41. The van der Waals surface area contributed by atoms with Crippen LogP contribution < -0.4 is 5.73 Å². The molecule has 1 heterocycles. The first-order valence-corrected chi connectivity index (χ1v) is 7.83. The summed E-state index contributed by atoms with van der Waals surface area (Å²) in [5, 5.41) is 0. The average Bonchev–Trinajstić information content (AvgIpc) is 2.37. The Morgan fingerprint density at radius 3 is 2.28 bits per heavy atom. The molecule has 0 radical (unpaired) electrons. The molecular weight excluding hydrogens is 220 g/mol. The molecule has 1 aliphatic heterocycles. The highest BCUT2D eigenvalue weighted by molar-refractivity contribution is 4.81. The summed E-state index contributed by atoms with van der Waals surface area (Å²) in [5.41, 5.74) is 6.73. The predicted molar refractivity (Wildman–Crippen MR) is 80.8 cm³/mol. The van der Waals surface area contributed by atoms with E-state index in [2.05, 4.69) is 32.6 Å². The molecule has 108 valence electrons. The van der Waals surface area contributed by atoms with Crippen LogP contribution in [0.4, 0.5) is 0 Å². The third-order valence-corrected chi connectivity index (χ3v) is 5.05. The molecule has 0 aromatic heterocycles. The Hall–Kier alpha value is -0.0800. The minimum absolute atomic E-state index is 0.336. The van der Waals surface area contributed by atoms with Gasteiger partial charge in [0.05, 0.1) is 0 Å². The van der Waals surface area contributed by atoms with Gasteiger partial charge in [0.15, 0.2) is 0 Å². The summed E-state index contributed by atoms with van der Waals surface area (Å²) < 4.78 is 0. The van der Waals surface area contributed by atoms with Crippen LogP contribution in [0.25, 0.3) is 0 Å². The molecule has 0 bridgehead atoms. The molecule has 1 aliphatic rings. The zero-order chi connectivity index (χ0) is 13.6. The van der Waals surface area contributed by atoms with E-state index in [1.165, 1.54) is 58.2 Å². The van der Waals surface area contributed by atoms with Crippen molar-refractivity contribution in [2.24, 2.45) is 16.6 Å². The van der Waals surface area contributed by atoms with E-state index < -0.39 is 0 Å². The summed E-state index contributed by atoms with van der Waals surface area (Å²) >= 11 is 0. The summed E-state index contributed by atoms with van der Waals surface area (Å²) in [4.78, 5) is 2.66. The van der Waals surface area contributed by atoms with Crippen LogP contribution in [0.5, 0.6) is 0 Å². The fourth-order valence-corrected chi connectivity index (χ4v) is 2.71. The molecule has 0 spiro atoms. The Bertz CT molecular complexity index is 227. The van der Waals surface area contributed by atoms with E-state index >= 15 is 0 Å². The summed E-state index contributed by atoms with van der Waals surface area (Å²) in [6, 6.07) is 0. The molecule has 0 amide bonds. The molecule has 0 aromatic carbocycles. The highest BCUT2D eigenvalue weighted by Gasteiger charge is 2.27. The summed E-state index contributed by atoms with van der Waals surface area (Å²) in [5.74, 6) is 0. The van der Waals surface area contributed by atoms with Crippen LogP contribution in [0.1, 0.15) is 66.2 Å². The van der Waals surface area contributed by atoms with E-state index in [1.807, 2.05) is 0 Å². The number of nitrogens with two attached hydrogens (primary N) is 1. The molecule has 18 heavy (non-hydrogen) atoms. The van der Waals surface area contributed by atoms with Crippen molar-refractivity contribution in [2.75, 3.05) is 26.2 Å². The number of nitrogens with zero attached hydrogens (tertiary/aromatic N) is 1. The van der Waals surface area contributed by atoms with Crippen molar-refractivity contribution in [2.45, 2.75) is 66.2 Å². The van der Waals surface area contributed by atoms with Crippen LogP contribution in [0.15, 0.2) is 0 Å². The molecule has 1 saturated heterocycles. The van der Waals surface area contributed by atoms with Gasteiger partial charge >= 0.3 is 0 Å². The summed E-state index contributed by atoms with van der Waals surface area (Å²) in [6.07, 6.45) is 8.04. The first kappa shape index (κ1) is 16.0. The first-order valence-electron chi connectivity index (χ1n) is 7.83. The van der Waals surface area contributed by atoms with Gasteiger partial charge in [-0.25, -0.2) is 0 Å². The molecule has 1 rings (SSSR count). The number of rotatable bonds is 7. The zero-order valence-electron chi connectivity index (χ0n) is 13.1. The second-order valence-electron chi connectivity index (χ2n) is 7.33. The predicted octanol–water partition coefficient (Wildman–Crippen LogP) is 3.65. The summed E-state index contributed by atoms with van der Waals surface area (Å²) in [7, 11) is 0. The Labute approximate surface area is 114 Å². The Kier molecular flexibility index (Phi) is 6.13. The van der Waals surface area contributed by atoms with E-state index in [0.29, 0.717) is 10.8 Å². The fraction of sp³-hybridized carbons (Fsp3) is 1.00.